The molecule has 0 bridgehead atoms. The molecule has 0 radical (unpaired) electrons. The first-order chi connectivity index (χ1) is 18.1. The predicted octanol–water partition coefficient (Wildman–Crippen LogP) is 6.42. The molecule has 1 aromatic heterocycles. The number of hydrogen-bond donors (Lipinski definition) is 1. The molecular weight excluding hydrogens is 498 g/mol. The van der Waals surface area contributed by atoms with E-state index in [2.05, 4.69) is 37.3 Å². The van der Waals surface area contributed by atoms with Crippen molar-refractivity contribution in [1.82, 2.24) is 4.90 Å². The number of rotatable bonds is 10. The van der Waals surface area contributed by atoms with Crippen LogP contribution in [-0.2, 0) is 22.0 Å². The smallest absolute Gasteiger partial charge is 0.261 e. The van der Waals surface area contributed by atoms with Gasteiger partial charge < -0.3 is 14.2 Å². The van der Waals surface area contributed by atoms with Gasteiger partial charge >= 0.3 is 0 Å². The first-order valence-corrected chi connectivity index (χ1v) is 14.9. The summed E-state index contributed by atoms with van der Waals surface area (Å²) < 4.78 is 34.8. The van der Waals surface area contributed by atoms with Crippen LogP contribution in [0.15, 0.2) is 70.2 Å². The maximum absolute atomic E-state index is 13.7. The average molecular weight is 538 g/mol. The lowest BCUT2D eigenvalue weighted by Crippen LogP contribution is -2.31. The molecule has 1 fully saturated rings. The molecule has 1 aliphatic heterocycles. The number of sulfonamides is 1. The van der Waals surface area contributed by atoms with Gasteiger partial charge in [0.15, 0.2) is 0 Å². The lowest BCUT2D eigenvalue weighted by Gasteiger charge is -2.28. The minimum Gasteiger partial charge on any atom is -0.467 e. The Morgan fingerprint density at radius 1 is 1.05 bits per heavy atom. The topological polar surface area (TPSA) is 82.9 Å². The van der Waals surface area contributed by atoms with Gasteiger partial charge in [0.2, 0.25) is 0 Å². The maximum Gasteiger partial charge on any atom is 0.261 e. The summed E-state index contributed by atoms with van der Waals surface area (Å²) in [6.45, 7) is 11.1. The van der Waals surface area contributed by atoms with E-state index in [4.69, 9.17) is 4.42 Å². The lowest BCUT2D eigenvalue weighted by atomic mass is 9.87. The second kappa shape index (κ2) is 11.6. The molecule has 0 atom stereocenters. The van der Waals surface area contributed by atoms with E-state index in [0.29, 0.717) is 30.9 Å². The van der Waals surface area contributed by atoms with Crippen molar-refractivity contribution >= 4 is 27.3 Å². The minimum atomic E-state index is -3.83. The predicted molar refractivity (Wildman–Crippen MR) is 152 cm³/mol. The average Bonchev–Trinajstić information content (AvgIpc) is 3.60. The first kappa shape index (κ1) is 27.8. The van der Waals surface area contributed by atoms with Gasteiger partial charge in [-0.3, -0.25) is 9.52 Å². The van der Waals surface area contributed by atoms with Gasteiger partial charge in [0.1, 0.15) is 5.76 Å². The third kappa shape index (κ3) is 6.59. The Bertz CT molecular complexity index is 1320. The molecule has 8 heteroatoms. The highest BCUT2D eigenvalue weighted by Gasteiger charge is 2.26. The van der Waals surface area contributed by atoms with E-state index >= 15 is 0 Å². The molecule has 3 aromatic rings. The van der Waals surface area contributed by atoms with Crippen LogP contribution in [0.3, 0.4) is 0 Å². The number of likely N-dealkylation sites (tertiary alicyclic amines) is 1. The van der Waals surface area contributed by atoms with Crippen molar-refractivity contribution in [2.24, 2.45) is 0 Å². The quantitative estimate of drug-likeness (QED) is 0.323. The van der Waals surface area contributed by atoms with Gasteiger partial charge in [0.05, 0.1) is 29.0 Å². The zero-order chi connectivity index (χ0) is 27.3. The van der Waals surface area contributed by atoms with E-state index in [1.165, 1.54) is 0 Å². The van der Waals surface area contributed by atoms with Gasteiger partial charge in [0.25, 0.3) is 15.9 Å². The van der Waals surface area contributed by atoms with Crippen LogP contribution >= 0.6 is 0 Å². The van der Waals surface area contributed by atoms with Crippen LogP contribution < -0.4 is 9.62 Å². The number of hydrogen-bond acceptors (Lipinski definition) is 5. The molecule has 0 unspecified atom stereocenters. The Hall–Kier alpha value is -3.26. The molecule has 38 heavy (non-hydrogen) atoms. The molecule has 0 saturated carbocycles. The zero-order valence-corrected chi connectivity index (χ0v) is 23.7. The van der Waals surface area contributed by atoms with Crippen molar-refractivity contribution < 1.29 is 17.6 Å². The summed E-state index contributed by atoms with van der Waals surface area (Å²) in [5.41, 5.74) is 2.63. The van der Waals surface area contributed by atoms with Gasteiger partial charge in [-0.15, -0.1) is 0 Å². The zero-order valence-electron chi connectivity index (χ0n) is 22.9. The van der Waals surface area contributed by atoms with Crippen LogP contribution in [0.4, 0.5) is 11.4 Å². The molecular formula is C30H39N3O4S. The summed E-state index contributed by atoms with van der Waals surface area (Å²) in [6.07, 6.45) is 5.57. The fourth-order valence-electron chi connectivity index (χ4n) is 4.71. The van der Waals surface area contributed by atoms with Gasteiger partial charge in [-0.1, -0.05) is 46.2 Å². The number of nitrogens with one attached hydrogen (secondary N) is 1. The Morgan fingerprint density at radius 2 is 1.76 bits per heavy atom. The third-order valence-corrected chi connectivity index (χ3v) is 8.35. The van der Waals surface area contributed by atoms with Crippen molar-refractivity contribution in [3.05, 3.63) is 77.7 Å². The van der Waals surface area contributed by atoms with Crippen molar-refractivity contribution in [3.8, 4) is 0 Å². The maximum atomic E-state index is 13.7. The Labute approximate surface area is 226 Å². The van der Waals surface area contributed by atoms with E-state index in [9.17, 15) is 13.2 Å². The molecule has 7 nitrogen and oxygen atoms in total. The summed E-state index contributed by atoms with van der Waals surface area (Å²) in [4.78, 5) is 17.9. The van der Waals surface area contributed by atoms with Crippen molar-refractivity contribution in [1.29, 1.82) is 0 Å². The van der Waals surface area contributed by atoms with Crippen molar-refractivity contribution in [2.45, 2.75) is 70.2 Å². The minimum absolute atomic E-state index is 0.0737. The SMILES string of the molecule is CCCCN(Cc1ccco1)c1ccc(NS(=O)(=O)c2ccc(C(C)(C)C)cc2)cc1C(=O)N1CCCC1. The van der Waals surface area contributed by atoms with Gasteiger partial charge in [-0.25, -0.2) is 8.42 Å². The second-order valence-electron chi connectivity index (χ2n) is 11.0. The van der Waals surface area contributed by atoms with Crippen LogP contribution in [0, 0.1) is 0 Å². The van der Waals surface area contributed by atoms with Gasteiger partial charge in [-0.05, 0) is 72.7 Å². The van der Waals surface area contributed by atoms with Gasteiger partial charge in [-0.2, -0.15) is 0 Å². The van der Waals surface area contributed by atoms with Crippen LogP contribution in [0.25, 0.3) is 0 Å². The van der Waals surface area contributed by atoms with Crippen LogP contribution in [0.1, 0.15) is 75.1 Å². The fraction of sp³-hybridized carbons (Fsp3) is 0.433. The largest absolute Gasteiger partial charge is 0.467 e. The summed E-state index contributed by atoms with van der Waals surface area (Å²) >= 11 is 0. The Balaban J connectivity index is 1.68. The molecule has 1 aliphatic rings. The normalized spacial score (nSPS) is 14.1. The molecule has 2 aromatic carbocycles. The number of anilines is 2. The first-order valence-electron chi connectivity index (χ1n) is 13.4. The van der Waals surface area contributed by atoms with E-state index in [1.807, 2.05) is 35.2 Å². The summed E-state index contributed by atoms with van der Waals surface area (Å²) in [7, 11) is -3.83. The van der Waals surface area contributed by atoms with E-state index in [0.717, 1.165) is 49.2 Å². The molecule has 1 saturated heterocycles. The number of nitrogens with zero attached hydrogens (tertiary/aromatic N) is 2. The van der Waals surface area contributed by atoms with Crippen molar-refractivity contribution in [3.63, 3.8) is 0 Å². The highest BCUT2D eigenvalue weighted by atomic mass is 32.2. The third-order valence-electron chi connectivity index (χ3n) is 6.95. The van der Waals surface area contributed by atoms with Gasteiger partial charge in [0, 0.05) is 25.3 Å². The lowest BCUT2D eigenvalue weighted by molar-refractivity contribution is 0.0793. The Morgan fingerprint density at radius 3 is 2.37 bits per heavy atom. The Kier molecular flexibility index (Phi) is 8.51. The highest BCUT2D eigenvalue weighted by molar-refractivity contribution is 7.92. The summed E-state index contributed by atoms with van der Waals surface area (Å²) in [5, 5.41) is 0. The second-order valence-corrected chi connectivity index (χ2v) is 12.6. The fourth-order valence-corrected chi connectivity index (χ4v) is 5.76. The number of unbranched alkanes of at least 4 members (excludes halogenated alkanes) is 1. The van der Waals surface area contributed by atoms with Crippen LogP contribution in [0.5, 0.6) is 0 Å². The van der Waals surface area contributed by atoms with E-state index in [-0.39, 0.29) is 16.2 Å². The number of benzene rings is 2. The molecule has 204 valence electrons. The number of carbonyl (C=O) groups is 1. The monoisotopic (exact) mass is 537 g/mol. The molecule has 0 aliphatic carbocycles. The summed E-state index contributed by atoms with van der Waals surface area (Å²) in [5.74, 6) is 0.734. The number of amides is 1. The number of furan rings is 1. The van der Waals surface area contributed by atoms with E-state index in [1.54, 1.807) is 30.5 Å². The molecule has 0 spiro atoms. The molecule has 2 heterocycles. The van der Waals surface area contributed by atoms with Crippen molar-refractivity contribution in [2.75, 3.05) is 29.3 Å². The number of carbonyl (C=O) groups excluding carboxylic acids is 1. The highest BCUT2D eigenvalue weighted by Crippen LogP contribution is 2.30. The molecule has 4 rings (SSSR count). The standard InChI is InChI=1S/C30H39N3O4S/c1-5-6-17-33(22-25-10-9-20-37-25)28-16-13-24(21-27(28)29(34)32-18-7-8-19-32)31-38(35,36)26-14-11-23(12-15-26)30(2,3)4/h9-16,20-21,31H,5-8,17-19,22H2,1-4H3. The van der Waals surface area contributed by atoms with Crippen LogP contribution in [0.2, 0.25) is 0 Å². The van der Waals surface area contributed by atoms with Crippen LogP contribution in [-0.4, -0.2) is 38.9 Å². The molecule has 1 N–H and O–H groups in total. The molecule has 1 amide bonds. The summed E-state index contributed by atoms with van der Waals surface area (Å²) in [6, 6.07) is 16.0. The van der Waals surface area contributed by atoms with E-state index < -0.39 is 10.0 Å².